The van der Waals surface area contributed by atoms with Crippen LogP contribution >= 0.6 is 0 Å². The van der Waals surface area contributed by atoms with Crippen molar-refractivity contribution in [2.45, 2.75) is 114 Å². The second kappa shape index (κ2) is 9.65. The monoisotopic (exact) mass is 532 g/mol. The van der Waals surface area contributed by atoms with Crippen LogP contribution < -0.4 is 0 Å². The van der Waals surface area contributed by atoms with Gasteiger partial charge in [-0.3, -0.25) is 0 Å². The largest absolute Gasteiger partial charge is 0.458 e. The molecular weight excluding hydrogens is 488 g/mol. The fourth-order valence-corrected chi connectivity index (χ4v) is 9.96. The predicted molar refractivity (Wildman–Crippen MR) is 137 cm³/mol. The molecule has 0 spiro atoms. The van der Waals surface area contributed by atoms with E-state index in [9.17, 15) is 19.8 Å². The van der Waals surface area contributed by atoms with E-state index >= 15 is 0 Å². The molecule has 4 aliphatic carbocycles. The SMILES string of the molecule is CO[C@H]1C[C@@H](O[C@H]2CC[C@@]3(C=O)[C@H](CC[C@H]4[C@@H]3CC[C@]3(C)[C@@H](C5=CC(=O)OC5)CC[C@]43O)C2)O[C@@H](C)[C@H]1O. The molecule has 0 bridgehead atoms. The zero-order chi connectivity index (χ0) is 26.9. The molecule has 5 fully saturated rings. The molecule has 12 atom stereocenters. The number of hydrogen-bond donors (Lipinski definition) is 2. The van der Waals surface area contributed by atoms with Gasteiger partial charge in [0.15, 0.2) is 6.29 Å². The number of carbonyl (C=O) groups excluding carboxylic acids is 2. The average molecular weight is 533 g/mol. The third-order valence-corrected chi connectivity index (χ3v) is 12.0. The van der Waals surface area contributed by atoms with Crippen LogP contribution in [0.15, 0.2) is 11.6 Å². The van der Waals surface area contributed by atoms with Gasteiger partial charge in [-0.25, -0.2) is 4.79 Å². The number of rotatable bonds is 5. The van der Waals surface area contributed by atoms with Crippen molar-refractivity contribution in [3.8, 4) is 0 Å². The Bertz CT molecular complexity index is 981. The summed E-state index contributed by atoms with van der Waals surface area (Å²) in [5.74, 6) is 0.384. The molecule has 1 saturated heterocycles. The molecule has 38 heavy (non-hydrogen) atoms. The molecule has 2 aliphatic heterocycles. The summed E-state index contributed by atoms with van der Waals surface area (Å²) in [4.78, 5) is 24.8. The highest BCUT2D eigenvalue weighted by molar-refractivity contribution is 5.85. The van der Waals surface area contributed by atoms with Gasteiger partial charge >= 0.3 is 5.97 Å². The third kappa shape index (κ3) is 3.88. The van der Waals surface area contributed by atoms with E-state index in [2.05, 4.69) is 6.92 Å². The van der Waals surface area contributed by atoms with Crippen LogP contribution in [0.2, 0.25) is 0 Å². The lowest BCUT2D eigenvalue weighted by atomic mass is 9.43. The molecule has 0 amide bonds. The summed E-state index contributed by atoms with van der Waals surface area (Å²) >= 11 is 0. The van der Waals surface area contributed by atoms with Gasteiger partial charge in [0.2, 0.25) is 0 Å². The number of aliphatic hydroxyl groups is 2. The van der Waals surface area contributed by atoms with E-state index in [0.717, 1.165) is 63.4 Å². The first-order chi connectivity index (χ1) is 18.1. The maximum absolute atomic E-state index is 13.0. The molecule has 2 heterocycles. The van der Waals surface area contributed by atoms with Gasteiger partial charge < -0.3 is 34.0 Å². The molecule has 0 unspecified atom stereocenters. The fraction of sp³-hybridized carbons (Fsp3) is 0.867. The Labute approximate surface area is 225 Å². The lowest BCUT2D eigenvalue weighted by Gasteiger charge is -2.63. The summed E-state index contributed by atoms with van der Waals surface area (Å²) < 4.78 is 23.1. The predicted octanol–water partition coefficient (Wildman–Crippen LogP) is 3.32. The number of carbonyl (C=O) groups is 2. The maximum Gasteiger partial charge on any atom is 0.331 e. The zero-order valence-corrected chi connectivity index (χ0v) is 23.0. The first-order valence-electron chi connectivity index (χ1n) is 14.7. The summed E-state index contributed by atoms with van der Waals surface area (Å²) in [6, 6.07) is 0. The van der Waals surface area contributed by atoms with Crippen LogP contribution in [-0.2, 0) is 28.5 Å². The van der Waals surface area contributed by atoms with Crippen LogP contribution in [0.3, 0.4) is 0 Å². The average Bonchev–Trinajstić information content (AvgIpc) is 3.45. The number of cyclic esters (lactones) is 1. The highest BCUT2D eigenvalue weighted by Gasteiger charge is 2.68. The Morgan fingerprint density at radius 2 is 1.89 bits per heavy atom. The first kappa shape index (κ1) is 26.9. The topological polar surface area (TPSA) is 112 Å². The van der Waals surface area contributed by atoms with E-state index in [1.54, 1.807) is 13.2 Å². The van der Waals surface area contributed by atoms with E-state index in [4.69, 9.17) is 18.9 Å². The van der Waals surface area contributed by atoms with Gasteiger partial charge in [0, 0.05) is 30.4 Å². The van der Waals surface area contributed by atoms with Gasteiger partial charge in [0.25, 0.3) is 0 Å². The van der Waals surface area contributed by atoms with Crippen molar-refractivity contribution in [1.82, 2.24) is 0 Å². The molecule has 0 radical (unpaired) electrons. The number of hydrogen-bond acceptors (Lipinski definition) is 8. The molecule has 0 aromatic rings. The van der Waals surface area contributed by atoms with E-state index in [1.165, 1.54) is 6.29 Å². The minimum atomic E-state index is -0.830. The summed E-state index contributed by atoms with van der Waals surface area (Å²) in [5.41, 5.74) is -0.521. The van der Waals surface area contributed by atoms with Crippen LogP contribution in [-0.4, -0.2) is 72.5 Å². The molecule has 212 valence electrons. The summed E-state index contributed by atoms with van der Waals surface area (Å²) in [6.07, 6.45) is 9.21. The van der Waals surface area contributed by atoms with Crippen molar-refractivity contribution in [1.29, 1.82) is 0 Å². The van der Waals surface area contributed by atoms with Crippen LogP contribution in [0.5, 0.6) is 0 Å². The molecule has 6 aliphatic rings. The van der Waals surface area contributed by atoms with Gasteiger partial charge in [-0.1, -0.05) is 6.92 Å². The van der Waals surface area contributed by atoms with Gasteiger partial charge in [-0.05, 0) is 94.0 Å². The minimum Gasteiger partial charge on any atom is -0.458 e. The van der Waals surface area contributed by atoms with Crippen molar-refractivity contribution >= 4 is 12.3 Å². The highest BCUT2D eigenvalue weighted by atomic mass is 16.7. The van der Waals surface area contributed by atoms with E-state index in [-0.39, 0.29) is 53.4 Å². The van der Waals surface area contributed by atoms with Gasteiger partial charge in [0.1, 0.15) is 19.0 Å². The second-order valence-corrected chi connectivity index (χ2v) is 13.3. The summed E-state index contributed by atoms with van der Waals surface area (Å²) in [7, 11) is 1.61. The summed E-state index contributed by atoms with van der Waals surface area (Å²) in [6.45, 7) is 4.40. The van der Waals surface area contributed by atoms with Gasteiger partial charge in [0.05, 0.1) is 23.9 Å². The van der Waals surface area contributed by atoms with E-state index in [0.29, 0.717) is 13.0 Å². The standard InChI is InChI=1S/C30H44O8/c1-17-27(33)24(35-3)14-26(37-17)38-20-6-10-29(16-31)19(13-20)4-5-23-22(29)7-9-28(2)21(8-11-30(23,28)34)18-12-25(32)36-15-18/h12,16-17,19-24,26-27,33-34H,4-11,13-15H2,1-3H3/t17-,19+,20-,21+,22-,23-,24-,26+,27+,28+,29+,30-/m0/s1. The minimum absolute atomic E-state index is 0.00854. The van der Waals surface area contributed by atoms with Crippen molar-refractivity contribution in [2.75, 3.05) is 13.7 Å². The first-order valence-corrected chi connectivity index (χ1v) is 14.7. The molecule has 4 saturated carbocycles. The van der Waals surface area contributed by atoms with Crippen LogP contribution in [0.4, 0.5) is 0 Å². The van der Waals surface area contributed by atoms with Crippen molar-refractivity contribution in [3.63, 3.8) is 0 Å². The van der Waals surface area contributed by atoms with Gasteiger partial charge in [-0.15, -0.1) is 0 Å². The smallest absolute Gasteiger partial charge is 0.331 e. The number of aliphatic hydroxyl groups excluding tert-OH is 1. The van der Waals surface area contributed by atoms with Crippen LogP contribution in [0, 0.1) is 34.5 Å². The Kier molecular flexibility index (Phi) is 6.83. The maximum atomic E-state index is 13.0. The Morgan fingerprint density at radius 3 is 2.61 bits per heavy atom. The van der Waals surface area contributed by atoms with Crippen LogP contribution in [0.1, 0.15) is 78.1 Å². The molecule has 2 N–H and O–H groups in total. The fourth-order valence-electron chi connectivity index (χ4n) is 9.96. The highest BCUT2D eigenvalue weighted by Crippen LogP contribution is 2.69. The number of fused-ring (bicyclic) bond motifs is 5. The number of methoxy groups -OCH3 is 1. The van der Waals surface area contributed by atoms with Crippen LogP contribution in [0.25, 0.3) is 0 Å². The van der Waals surface area contributed by atoms with E-state index < -0.39 is 23.4 Å². The zero-order valence-electron chi connectivity index (χ0n) is 23.0. The Balaban J connectivity index is 1.18. The number of ether oxygens (including phenoxy) is 4. The molecular formula is C30H44O8. The third-order valence-electron chi connectivity index (χ3n) is 12.0. The molecule has 8 nitrogen and oxygen atoms in total. The van der Waals surface area contributed by atoms with Crippen molar-refractivity contribution in [3.05, 3.63) is 11.6 Å². The lowest BCUT2D eigenvalue weighted by Crippen LogP contribution is -2.63. The lowest BCUT2D eigenvalue weighted by molar-refractivity contribution is -0.272. The molecule has 6 rings (SSSR count). The number of aldehydes is 1. The van der Waals surface area contributed by atoms with Crippen molar-refractivity contribution < 1.29 is 38.7 Å². The molecule has 0 aromatic heterocycles. The quantitative estimate of drug-likeness (QED) is 0.315. The Hall–Kier alpha value is -1.32. The normalized spacial score (nSPS) is 52.4. The number of esters is 1. The van der Waals surface area contributed by atoms with E-state index in [1.807, 2.05) is 6.92 Å². The van der Waals surface area contributed by atoms with Gasteiger partial charge in [-0.2, -0.15) is 0 Å². The molecule has 8 heteroatoms. The second-order valence-electron chi connectivity index (χ2n) is 13.3. The Morgan fingerprint density at radius 1 is 1.08 bits per heavy atom. The molecule has 0 aromatic carbocycles. The summed E-state index contributed by atoms with van der Waals surface area (Å²) in [5, 5.41) is 22.7. The van der Waals surface area contributed by atoms with Crippen molar-refractivity contribution in [2.24, 2.45) is 34.5 Å².